The number of imide groups is 1. The molecule has 0 aliphatic carbocycles. The van der Waals surface area contributed by atoms with Gasteiger partial charge in [-0.05, 0) is 19.4 Å². The van der Waals surface area contributed by atoms with Crippen molar-refractivity contribution >= 4 is 17.6 Å². The molecule has 1 aromatic heterocycles. The highest BCUT2D eigenvalue weighted by Crippen LogP contribution is 2.17. The molecule has 6 heteroatoms. The molecule has 1 atom stereocenters. The van der Waals surface area contributed by atoms with Crippen LogP contribution in [0.15, 0.2) is 18.3 Å². The van der Waals surface area contributed by atoms with Crippen LogP contribution in [0, 0.1) is 0 Å². The zero-order valence-corrected chi connectivity index (χ0v) is 11.8. The van der Waals surface area contributed by atoms with E-state index in [0.717, 1.165) is 24.3 Å². The third-order valence-electron chi connectivity index (χ3n) is 3.34. The van der Waals surface area contributed by atoms with Crippen LogP contribution in [-0.2, 0) is 16.1 Å². The van der Waals surface area contributed by atoms with Crippen molar-refractivity contribution in [1.82, 2.24) is 15.2 Å². The number of hydrogen-bond acceptors (Lipinski definition) is 5. The van der Waals surface area contributed by atoms with Gasteiger partial charge in [-0.25, -0.2) is 4.98 Å². The zero-order valence-electron chi connectivity index (χ0n) is 11.8. The molecule has 0 spiro atoms. The summed E-state index contributed by atoms with van der Waals surface area (Å²) in [6.45, 7) is 5.50. The number of carbonyl (C=O) groups is 2. The molecule has 1 fully saturated rings. The average Bonchev–Trinajstić information content (AvgIpc) is 2.43. The first kappa shape index (κ1) is 14.5. The molecule has 1 aromatic rings. The molecule has 20 heavy (non-hydrogen) atoms. The van der Waals surface area contributed by atoms with Gasteiger partial charge in [-0.3, -0.25) is 19.8 Å². The summed E-state index contributed by atoms with van der Waals surface area (Å²) in [7, 11) is 0. The number of pyridine rings is 1. The molecule has 1 aliphatic rings. The summed E-state index contributed by atoms with van der Waals surface area (Å²) in [5.74, 6) is 0.327. The number of piperazine rings is 1. The smallest absolute Gasteiger partial charge is 0.243 e. The van der Waals surface area contributed by atoms with Crippen molar-refractivity contribution in [3.63, 3.8) is 0 Å². The molecule has 2 rings (SSSR count). The fourth-order valence-corrected chi connectivity index (χ4v) is 2.15. The van der Waals surface area contributed by atoms with E-state index < -0.39 is 0 Å². The fourth-order valence-electron chi connectivity index (χ4n) is 2.15. The van der Waals surface area contributed by atoms with Crippen LogP contribution in [0.5, 0.6) is 0 Å². The Hall–Kier alpha value is -1.95. The van der Waals surface area contributed by atoms with Crippen LogP contribution in [0.1, 0.15) is 25.8 Å². The van der Waals surface area contributed by atoms with Crippen LogP contribution in [0.4, 0.5) is 5.82 Å². The molecule has 108 valence electrons. The molecule has 2 N–H and O–H groups in total. The van der Waals surface area contributed by atoms with E-state index in [1.165, 1.54) is 0 Å². The lowest BCUT2D eigenvalue weighted by Gasteiger charge is -2.31. The van der Waals surface area contributed by atoms with Gasteiger partial charge in [-0.15, -0.1) is 0 Å². The minimum Gasteiger partial charge on any atom is -0.370 e. The van der Waals surface area contributed by atoms with E-state index in [2.05, 4.69) is 22.5 Å². The molecule has 0 saturated carbocycles. The molecule has 2 heterocycles. The molecule has 1 saturated heterocycles. The summed E-state index contributed by atoms with van der Waals surface area (Å²) in [5.41, 5.74) is 0.996. The van der Waals surface area contributed by atoms with Gasteiger partial charge in [-0.1, -0.05) is 13.0 Å². The Labute approximate surface area is 118 Å². The van der Waals surface area contributed by atoms with E-state index >= 15 is 0 Å². The predicted octanol–water partition coefficient (Wildman–Crippen LogP) is 0.750. The molecule has 0 bridgehead atoms. The van der Waals surface area contributed by atoms with Gasteiger partial charge in [0, 0.05) is 24.8 Å². The van der Waals surface area contributed by atoms with E-state index in [4.69, 9.17) is 0 Å². The SMILES string of the molecule is CCCNc1ncccc1CN1CC(=O)NC(=O)C1C. The van der Waals surface area contributed by atoms with E-state index in [1.54, 1.807) is 13.1 Å². The highest BCUT2D eigenvalue weighted by atomic mass is 16.2. The van der Waals surface area contributed by atoms with E-state index in [0.29, 0.717) is 6.54 Å². The highest BCUT2D eigenvalue weighted by Gasteiger charge is 2.30. The number of aromatic nitrogens is 1. The number of amides is 2. The molecular formula is C14H20N4O2. The van der Waals surface area contributed by atoms with Gasteiger partial charge < -0.3 is 5.32 Å². The van der Waals surface area contributed by atoms with Crippen molar-refractivity contribution in [3.8, 4) is 0 Å². The van der Waals surface area contributed by atoms with Crippen molar-refractivity contribution < 1.29 is 9.59 Å². The number of nitrogens with zero attached hydrogens (tertiary/aromatic N) is 2. The monoisotopic (exact) mass is 276 g/mol. The van der Waals surface area contributed by atoms with E-state index in [1.807, 2.05) is 17.0 Å². The van der Waals surface area contributed by atoms with Gasteiger partial charge in [-0.2, -0.15) is 0 Å². The lowest BCUT2D eigenvalue weighted by Crippen LogP contribution is -2.56. The largest absolute Gasteiger partial charge is 0.370 e. The molecule has 1 aliphatic heterocycles. The number of anilines is 1. The number of carbonyl (C=O) groups excluding carboxylic acids is 2. The first-order chi connectivity index (χ1) is 9.61. The second-order valence-corrected chi connectivity index (χ2v) is 4.93. The summed E-state index contributed by atoms with van der Waals surface area (Å²) in [6.07, 6.45) is 2.75. The Bertz CT molecular complexity index is 504. The van der Waals surface area contributed by atoms with E-state index in [-0.39, 0.29) is 24.4 Å². The maximum atomic E-state index is 11.7. The van der Waals surface area contributed by atoms with Gasteiger partial charge in [0.1, 0.15) is 5.82 Å². The predicted molar refractivity (Wildman–Crippen MR) is 76.0 cm³/mol. The van der Waals surface area contributed by atoms with Crippen molar-refractivity contribution in [2.75, 3.05) is 18.4 Å². The lowest BCUT2D eigenvalue weighted by atomic mass is 10.1. The molecular weight excluding hydrogens is 256 g/mol. The van der Waals surface area contributed by atoms with Crippen LogP contribution in [0.2, 0.25) is 0 Å². The summed E-state index contributed by atoms with van der Waals surface area (Å²) >= 11 is 0. The van der Waals surface area contributed by atoms with Crippen LogP contribution in [0.3, 0.4) is 0 Å². The first-order valence-corrected chi connectivity index (χ1v) is 6.87. The molecule has 1 unspecified atom stereocenters. The van der Waals surface area contributed by atoms with Crippen molar-refractivity contribution in [2.24, 2.45) is 0 Å². The average molecular weight is 276 g/mol. The molecule has 2 amide bonds. The van der Waals surface area contributed by atoms with Crippen LogP contribution in [0.25, 0.3) is 0 Å². The zero-order chi connectivity index (χ0) is 14.5. The third-order valence-corrected chi connectivity index (χ3v) is 3.34. The van der Waals surface area contributed by atoms with E-state index in [9.17, 15) is 9.59 Å². The topological polar surface area (TPSA) is 74.3 Å². The molecule has 0 aromatic carbocycles. The number of hydrogen-bond donors (Lipinski definition) is 2. The Morgan fingerprint density at radius 1 is 1.50 bits per heavy atom. The Balaban J connectivity index is 2.12. The quantitative estimate of drug-likeness (QED) is 0.776. The van der Waals surface area contributed by atoms with Crippen LogP contribution in [-0.4, -0.2) is 40.8 Å². The van der Waals surface area contributed by atoms with Crippen LogP contribution >= 0.6 is 0 Å². The Kier molecular flexibility index (Phi) is 4.68. The van der Waals surface area contributed by atoms with Crippen molar-refractivity contribution in [3.05, 3.63) is 23.9 Å². The van der Waals surface area contributed by atoms with Gasteiger partial charge in [0.2, 0.25) is 11.8 Å². The minimum atomic E-state index is -0.313. The van der Waals surface area contributed by atoms with Gasteiger partial charge in [0.05, 0.1) is 12.6 Å². The Morgan fingerprint density at radius 2 is 2.30 bits per heavy atom. The van der Waals surface area contributed by atoms with Crippen molar-refractivity contribution in [1.29, 1.82) is 0 Å². The second kappa shape index (κ2) is 6.47. The minimum absolute atomic E-state index is 0.231. The summed E-state index contributed by atoms with van der Waals surface area (Å²) < 4.78 is 0. The summed E-state index contributed by atoms with van der Waals surface area (Å²) in [5, 5.41) is 5.61. The fraction of sp³-hybridized carbons (Fsp3) is 0.500. The highest BCUT2D eigenvalue weighted by molar-refractivity contribution is 6.00. The lowest BCUT2D eigenvalue weighted by molar-refractivity contribution is -0.139. The molecule has 0 radical (unpaired) electrons. The van der Waals surface area contributed by atoms with Crippen LogP contribution < -0.4 is 10.6 Å². The maximum absolute atomic E-state index is 11.7. The Morgan fingerprint density at radius 3 is 3.05 bits per heavy atom. The third kappa shape index (κ3) is 3.33. The standard InChI is InChI=1S/C14H20N4O2/c1-3-6-15-13-11(5-4-7-16-13)8-18-9-12(19)17-14(20)10(18)2/h4-5,7,10H,3,6,8-9H2,1-2H3,(H,15,16)(H,17,19,20). The van der Waals surface area contributed by atoms with Gasteiger partial charge >= 0.3 is 0 Å². The maximum Gasteiger partial charge on any atom is 0.243 e. The first-order valence-electron chi connectivity index (χ1n) is 6.87. The summed E-state index contributed by atoms with van der Waals surface area (Å²) in [6, 6.07) is 3.52. The number of rotatable bonds is 5. The number of nitrogens with one attached hydrogen (secondary N) is 2. The van der Waals surface area contributed by atoms with Gasteiger partial charge in [0.15, 0.2) is 0 Å². The summed E-state index contributed by atoms with van der Waals surface area (Å²) in [4.78, 5) is 29.3. The van der Waals surface area contributed by atoms with Gasteiger partial charge in [0.25, 0.3) is 0 Å². The second-order valence-electron chi connectivity index (χ2n) is 4.93. The normalized spacial score (nSPS) is 19.8. The van der Waals surface area contributed by atoms with Crippen molar-refractivity contribution in [2.45, 2.75) is 32.9 Å². The molecule has 6 nitrogen and oxygen atoms in total.